The van der Waals surface area contributed by atoms with Crippen molar-refractivity contribution in [3.05, 3.63) is 0 Å². The van der Waals surface area contributed by atoms with Gasteiger partial charge in [0, 0.05) is 7.11 Å². The highest BCUT2D eigenvalue weighted by Crippen LogP contribution is 2.08. The Morgan fingerprint density at radius 2 is 1.71 bits per heavy atom. The largest absolute Gasteiger partial charge is 0.467 e. The number of rotatable bonds is 4. The number of esters is 1. The number of alkyl carbamates (subject to hydrolysis) is 1. The first-order valence-corrected chi connectivity index (χ1v) is 5.31. The Hall–Kier alpha value is -1.30. The van der Waals surface area contributed by atoms with E-state index in [1.807, 2.05) is 0 Å². The van der Waals surface area contributed by atoms with Gasteiger partial charge in [-0.25, -0.2) is 9.59 Å². The SMILES string of the molecule is COC(=O)[C@H](NC(=O)OC(C)(C)C)[C@H](C)OC. The van der Waals surface area contributed by atoms with Crippen LogP contribution in [0, 0.1) is 0 Å². The standard InChI is InChI=1S/C11H21NO5/c1-7(15-5)8(9(13)16-6)12-10(14)17-11(2,3)4/h7-8H,1-6H3,(H,12,14)/t7-,8+/m0/s1. The Bertz CT molecular complexity index is 272. The molecule has 0 aliphatic heterocycles. The molecule has 0 radical (unpaired) electrons. The monoisotopic (exact) mass is 247 g/mol. The quantitative estimate of drug-likeness (QED) is 0.753. The summed E-state index contributed by atoms with van der Waals surface area (Å²) in [6.07, 6.45) is -1.19. The highest BCUT2D eigenvalue weighted by Gasteiger charge is 2.29. The van der Waals surface area contributed by atoms with Crippen molar-refractivity contribution in [3.8, 4) is 0 Å². The lowest BCUT2D eigenvalue weighted by atomic mass is 10.2. The summed E-state index contributed by atoms with van der Waals surface area (Å²) >= 11 is 0. The van der Waals surface area contributed by atoms with E-state index in [2.05, 4.69) is 10.1 Å². The molecule has 17 heavy (non-hydrogen) atoms. The number of amides is 1. The van der Waals surface area contributed by atoms with E-state index < -0.39 is 29.8 Å². The fraction of sp³-hybridized carbons (Fsp3) is 0.818. The summed E-state index contributed by atoms with van der Waals surface area (Å²) in [5.74, 6) is -0.579. The van der Waals surface area contributed by atoms with Crippen LogP contribution in [0.2, 0.25) is 0 Å². The second kappa shape index (κ2) is 6.44. The molecule has 0 aliphatic carbocycles. The van der Waals surface area contributed by atoms with E-state index in [1.54, 1.807) is 27.7 Å². The Balaban J connectivity index is 4.54. The third-order valence-electron chi connectivity index (χ3n) is 1.97. The number of nitrogens with one attached hydrogen (secondary N) is 1. The Morgan fingerprint density at radius 3 is 2.06 bits per heavy atom. The van der Waals surface area contributed by atoms with Crippen molar-refractivity contribution in [2.75, 3.05) is 14.2 Å². The first-order valence-electron chi connectivity index (χ1n) is 5.31. The van der Waals surface area contributed by atoms with Gasteiger partial charge in [0.2, 0.25) is 0 Å². The minimum Gasteiger partial charge on any atom is -0.467 e. The van der Waals surface area contributed by atoms with E-state index in [0.717, 1.165) is 0 Å². The molecule has 0 unspecified atom stereocenters. The molecule has 100 valence electrons. The molecule has 0 rings (SSSR count). The number of carbonyl (C=O) groups excluding carboxylic acids is 2. The van der Waals surface area contributed by atoms with E-state index >= 15 is 0 Å². The molecule has 0 spiro atoms. The van der Waals surface area contributed by atoms with Crippen LogP contribution < -0.4 is 5.32 Å². The molecule has 6 heteroatoms. The minimum absolute atomic E-state index is 0.505. The molecule has 1 amide bonds. The number of hydrogen-bond acceptors (Lipinski definition) is 5. The average Bonchev–Trinajstić information content (AvgIpc) is 2.21. The molecule has 2 atom stereocenters. The van der Waals surface area contributed by atoms with Crippen LogP contribution in [0.5, 0.6) is 0 Å². The van der Waals surface area contributed by atoms with Crippen molar-refractivity contribution in [1.29, 1.82) is 0 Å². The van der Waals surface area contributed by atoms with Gasteiger partial charge in [0.1, 0.15) is 5.60 Å². The van der Waals surface area contributed by atoms with Crippen molar-refractivity contribution in [2.45, 2.75) is 45.4 Å². The molecule has 0 bridgehead atoms. The van der Waals surface area contributed by atoms with Crippen LogP contribution in [0.15, 0.2) is 0 Å². The summed E-state index contributed by atoms with van der Waals surface area (Å²) in [4.78, 5) is 23.0. The lowest BCUT2D eigenvalue weighted by molar-refractivity contribution is -0.146. The fourth-order valence-corrected chi connectivity index (χ4v) is 1.07. The molecule has 0 fully saturated rings. The Labute approximate surface area is 102 Å². The topological polar surface area (TPSA) is 73.9 Å². The molecule has 0 aliphatic rings. The number of carbonyl (C=O) groups is 2. The third kappa shape index (κ3) is 6.11. The van der Waals surface area contributed by atoms with Crippen LogP contribution in [0.25, 0.3) is 0 Å². The zero-order chi connectivity index (χ0) is 13.6. The molecule has 0 saturated carbocycles. The van der Waals surface area contributed by atoms with Crippen LogP contribution in [-0.4, -0.2) is 44.0 Å². The second-order valence-corrected chi connectivity index (χ2v) is 4.59. The smallest absolute Gasteiger partial charge is 0.408 e. The van der Waals surface area contributed by atoms with Gasteiger partial charge in [0.05, 0.1) is 13.2 Å². The lowest BCUT2D eigenvalue weighted by Crippen LogP contribution is -2.50. The molecule has 0 aromatic heterocycles. The van der Waals surface area contributed by atoms with Crippen LogP contribution in [0.3, 0.4) is 0 Å². The van der Waals surface area contributed by atoms with Crippen LogP contribution in [0.1, 0.15) is 27.7 Å². The second-order valence-electron chi connectivity index (χ2n) is 4.59. The van der Waals surface area contributed by atoms with Gasteiger partial charge in [-0.15, -0.1) is 0 Å². The van der Waals surface area contributed by atoms with E-state index in [4.69, 9.17) is 9.47 Å². The number of hydrogen-bond donors (Lipinski definition) is 1. The fourth-order valence-electron chi connectivity index (χ4n) is 1.07. The maximum Gasteiger partial charge on any atom is 0.408 e. The third-order valence-corrected chi connectivity index (χ3v) is 1.97. The first-order chi connectivity index (χ1) is 7.71. The molecule has 6 nitrogen and oxygen atoms in total. The molecular weight excluding hydrogens is 226 g/mol. The molecule has 0 aromatic rings. The van der Waals surface area contributed by atoms with Gasteiger partial charge in [-0.2, -0.15) is 0 Å². The number of methoxy groups -OCH3 is 2. The van der Waals surface area contributed by atoms with Crippen molar-refractivity contribution >= 4 is 12.1 Å². The van der Waals surface area contributed by atoms with Gasteiger partial charge in [-0.05, 0) is 27.7 Å². The summed E-state index contributed by atoms with van der Waals surface area (Å²) in [6, 6.07) is -0.889. The summed E-state index contributed by atoms with van der Waals surface area (Å²) in [5, 5.41) is 2.41. The van der Waals surface area contributed by atoms with Gasteiger partial charge in [-0.3, -0.25) is 0 Å². The summed E-state index contributed by atoms with van der Waals surface area (Å²) in [7, 11) is 2.69. The van der Waals surface area contributed by atoms with Gasteiger partial charge in [-0.1, -0.05) is 0 Å². The van der Waals surface area contributed by atoms with E-state index in [0.29, 0.717) is 0 Å². The van der Waals surface area contributed by atoms with Gasteiger partial charge in [0.25, 0.3) is 0 Å². The Morgan fingerprint density at radius 1 is 1.18 bits per heavy atom. The van der Waals surface area contributed by atoms with E-state index in [-0.39, 0.29) is 0 Å². The highest BCUT2D eigenvalue weighted by atomic mass is 16.6. The maximum atomic E-state index is 11.5. The highest BCUT2D eigenvalue weighted by molar-refractivity contribution is 5.81. The predicted octanol–water partition coefficient (Wildman–Crippen LogP) is 1.09. The summed E-state index contributed by atoms with van der Waals surface area (Å²) in [5.41, 5.74) is -0.624. The van der Waals surface area contributed by atoms with Crippen LogP contribution >= 0.6 is 0 Å². The van der Waals surface area contributed by atoms with Gasteiger partial charge >= 0.3 is 12.1 Å². The predicted molar refractivity (Wildman–Crippen MR) is 61.6 cm³/mol. The van der Waals surface area contributed by atoms with Crippen molar-refractivity contribution < 1.29 is 23.8 Å². The van der Waals surface area contributed by atoms with E-state index in [1.165, 1.54) is 14.2 Å². The van der Waals surface area contributed by atoms with Gasteiger partial charge in [0.15, 0.2) is 6.04 Å². The Kier molecular flexibility index (Phi) is 5.95. The zero-order valence-corrected chi connectivity index (χ0v) is 11.2. The van der Waals surface area contributed by atoms with Crippen molar-refractivity contribution in [1.82, 2.24) is 5.32 Å². The molecule has 0 saturated heterocycles. The summed E-state index contributed by atoms with van der Waals surface area (Å²) < 4.78 is 14.6. The molecular formula is C11H21NO5. The van der Waals surface area contributed by atoms with Gasteiger partial charge < -0.3 is 19.5 Å². The lowest BCUT2D eigenvalue weighted by Gasteiger charge is -2.25. The summed E-state index contributed by atoms with van der Waals surface area (Å²) in [6.45, 7) is 6.86. The average molecular weight is 247 g/mol. The van der Waals surface area contributed by atoms with Crippen molar-refractivity contribution in [2.24, 2.45) is 0 Å². The molecule has 0 heterocycles. The zero-order valence-electron chi connectivity index (χ0n) is 11.2. The molecule has 1 N–H and O–H groups in total. The van der Waals surface area contributed by atoms with E-state index in [9.17, 15) is 9.59 Å². The minimum atomic E-state index is -0.889. The van der Waals surface area contributed by atoms with Crippen LogP contribution in [-0.2, 0) is 19.0 Å². The number of ether oxygens (including phenoxy) is 3. The van der Waals surface area contributed by atoms with Crippen LogP contribution in [0.4, 0.5) is 4.79 Å². The van der Waals surface area contributed by atoms with Crippen molar-refractivity contribution in [3.63, 3.8) is 0 Å². The maximum absolute atomic E-state index is 11.5. The normalized spacial score (nSPS) is 14.7. The molecule has 0 aromatic carbocycles. The first kappa shape index (κ1) is 15.7.